The van der Waals surface area contributed by atoms with E-state index in [0.717, 1.165) is 6.07 Å². The van der Waals surface area contributed by atoms with E-state index in [0.29, 0.717) is 0 Å². The van der Waals surface area contributed by atoms with Gasteiger partial charge >= 0.3 is 12.1 Å². The number of likely N-dealkylation sites (N-methyl/N-ethyl adjacent to an activating group) is 1. The van der Waals surface area contributed by atoms with Crippen molar-refractivity contribution < 1.29 is 22.0 Å². The summed E-state index contributed by atoms with van der Waals surface area (Å²) in [4.78, 5) is 0. The van der Waals surface area contributed by atoms with Gasteiger partial charge in [0.05, 0.1) is 0 Å². The topological polar surface area (TPSA) is 12.0 Å². The van der Waals surface area contributed by atoms with Crippen molar-refractivity contribution in [3.8, 4) is 0 Å². The zero-order chi connectivity index (χ0) is 14.0. The van der Waals surface area contributed by atoms with Crippen LogP contribution in [0.1, 0.15) is 18.1 Å². The smallest absolute Gasteiger partial charge is 0.317 e. The molecule has 1 atom stereocenters. The normalized spacial score (nSPS) is 14.6. The molecule has 0 fully saturated rings. The lowest BCUT2D eigenvalue weighted by molar-refractivity contribution is -0.289. The standard InChI is InChI=1S/C12H14F5N/c1-8(18-2)7-9-5-3-4-6-10(9)11(13,14)12(15,16)17/h3-6,8,18H,7H2,1-2H3. The SMILES string of the molecule is CNC(C)Cc1ccccc1C(F)(F)C(F)(F)F. The van der Waals surface area contributed by atoms with E-state index in [1.807, 2.05) is 0 Å². The third kappa shape index (κ3) is 2.98. The number of benzene rings is 1. The minimum atomic E-state index is -5.58. The van der Waals surface area contributed by atoms with Crippen LogP contribution in [0, 0.1) is 0 Å². The van der Waals surface area contributed by atoms with Crippen LogP contribution < -0.4 is 5.32 Å². The van der Waals surface area contributed by atoms with Crippen molar-refractivity contribution in [1.82, 2.24) is 5.32 Å². The molecule has 1 aromatic carbocycles. The van der Waals surface area contributed by atoms with Crippen LogP contribution >= 0.6 is 0 Å². The molecule has 1 N–H and O–H groups in total. The number of hydrogen-bond donors (Lipinski definition) is 1. The lowest BCUT2D eigenvalue weighted by Crippen LogP contribution is -2.35. The van der Waals surface area contributed by atoms with Crippen LogP contribution in [-0.4, -0.2) is 19.3 Å². The Morgan fingerprint density at radius 3 is 2.17 bits per heavy atom. The number of rotatable bonds is 4. The highest BCUT2D eigenvalue weighted by Gasteiger charge is 2.59. The zero-order valence-electron chi connectivity index (χ0n) is 9.98. The van der Waals surface area contributed by atoms with Crippen LogP contribution in [0.25, 0.3) is 0 Å². The summed E-state index contributed by atoms with van der Waals surface area (Å²) in [5.74, 6) is -4.82. The first-order valence-corrected chi connectivity index (χ1v) is 5.40. The Hall–Kier alpha value is -1.17. The van der Waals surface area contributed by atoms with Gasteiger partial charge in [0, 0.05) is 11.6 Å². The maximum Gasteiger partial charge on any atom is 0.458 e. The second-order valence-corrected chi connectivity index (χ2v) is 4.12. The van der Waals surface area contributed by atoms with Crippen molar-refractivity contribution >= 4 is 0 Å². The lowest BCUT2D eigenvalue weighted by Gasteiger charge is -2.23. The molecule has 1 rings (SSSR count). The van der Waals surface area contributed by atoms with Gasteiger partial charge in [-0.05, 0) is 26.0 Å². The van der Waals surface area contributed by atoms with Crippen molar-refractivity contribution in [3.05, 3.63) is 35.4 Å². The number of nitrogens with one attached hydrogen (secondary N) is 1. The third-order valence-electron chi connectivity index (χ3n) is 2.73. The summed E-state index contributed by atoms with van der Waals surface area (Å²) in [6.07, 6.45) is -5.47. The van der Waals surface area contributed by atoms with E-state index in [4.69, 9.17) is 0 Å². The van der Waals surface area contributed by atoms with Crippen molar-refractivity contribution in [2.45, 2.75) is 31.5 Å². The van der Waals surface area contributed by atoms with Gasteiger partial charge in [-0.2, -0.15) is 22.0 Å². The molecule has 102 valence electrons. The Morgan fingerprint density at radius 1 is 1.11 bits per heavy atom. The molecule has 0 spiro atoms. The minimum Gasteiger partial charge on any atom is -0.317 e. The number of alkyl halides is 5. The van der Waals surface area contributed by atoms with E-state index in [-0.39, 0.29) is 18.0 Å². The van der Waals surface area contributed by atoms with E-state index in [9.17, 15) is 22.0 Å². The van der Waals surface area contributed by atoms with Crippen molar-refractivity contribution in [1.29, 1.82) is 0 Å². The zero-order valence-corrected chi connectivity index (χ0v) is 9.98. The van der Waals surface area contributed by atoms with Gasteiger partial charge in [-0.3, -0.25) is 0 Å². The molecule has 1 unspecified atom stereocenters. The predicted molar refractivity (Wildman–Crippen MR) is 58.6 cm³/mol. The summed E-state index contributed by atoms with van der Waals surface area (Å²) in [5.41, 5.74) is -0.971. The van der Waals surface area contributed by atoms with Crippen molar-refractivity contribution in [2.24, 2.45) is 0 Å². The highest BCUT2D eigenvalue weighted by atomic mass is 19.4. The van der Waals surface area contributed by atoms with E-state index in [1.54, 1.807) is 14.0 Å². The molecule has 0 aliphatic heterocycles. The molecular formula is C12H14F5N. The molecule has 0 bridgehead atoms. The first-order valence-electron chi connectivity index (χ1n) is 5.40. The van der Waals surface area contributed by atoms with E-state index >= 15 is 0 Å². The van der Waals surface area contributed by atoms with Gasteiger partial charge in [0.25, 0.3) is 0 Å². The van der Waals surface area contributed by atoms with Crippen LogP contribution in [-0.2, 0) is 12.3 Å². The van der Waals surface area contributed by atoms with Crippen molar-refractivity contribution in [2.75, 3.05) is 7.05 Å². The summed E-state index contributed by atoms with van der Waals surface area (Å²) < 4.78 is 63.7. The molecule has 0 aliphatic rings. The van der Waals surface area contributed by atoms with E-state index in [2.05, 4.69) is 5.32 Å². The second-order valence-electron chi connectivity index (χ2n) is 4.12. The molecular weight excluding hydrogens is 253 g/mol. The first-order chi connectivity index (χ1) is 8.20. The van der Waals surface area contributed by atoms with Gasteiger partial charge < -0.3 is 5.32 Å². The molecule has 18 heavy (non-hydrogen) atoms. The number of halogens is 5. The maximum atomic E-state index is 13.3. The van der Waals surface area contributed by atoms with Gasteiger partial charge in [-0.15, -0.1) is 0 Å². The molecule has 0 saturated carbocycles. The molecule has 0 aromatic heterocycles. The average Bonchev–Trinajstić information content (AvgIpc) is 2.28. The molecule has 0 heterocycles. The van der Waals surface area contributed by atoms with Gasteiger partial charge in [-0.25, -0.2) is 0 Å². The Kier molecular flexibility index (Phi) is 4.32. The van der Waals surface area contributed by atoms with Gasteiger partial charge in [-0.1, -0.05) is 24.3 Å². The Bertz CT molecular complexity index is 400. The predicted octanol–water partition coefficient (Wildman–Crippen LogP) is 3.49. The van der Waals surface area contributed by atoms with Crippen molar-refractivity contribution in [3.63, 3.8) is 0 Å². The molecule has 0 radical (unpaired) electrons. The Labute approximate surface area is 102 Å². The van der Waals surface area contributed by atoms with Crippen LogP contribution in [0.15, 0.2) is 24.3 Å². The summed E-state index contributed by atoms with van der Waals surface area (Å²) in [6.45, 7) is 1.71. The highest BCUT2D eigenvalue weighted by Crippen LogP contribution is 2.45. The Balaban J connectivity index is 3.17. The Morgan fingerprint density at radius 2 is 1.67 bits per heavy atom. The highest BCUT2D eigenvalue weighted by molar-refractivity contribution is 5.32. The fraction of sp³-hybridized carbons (Fsp3) is 0.500. The van der Waals surface area contributed by atoms with E-state index < -0.39 is 17.7 Å². The fourth-order valence-electron chi connectivity index (χ4n) is 1.59. The maximum absolute atomic E-state index is 13.3. The summed E-state index contributed by atoms with van der Waals surface area (Å²) in [6, 6.07) is 4.57. The van der Waals surface area contributed by atoms with Gasteiger partial charge in [0.2, 0.25) is 0 Å². The third-order valence-corrected chi connectivity index (χ3v) is 2.73. The fourth-order valence-corrected chi connectivity index (χ4v) is 1.59. The van der Waals surface area contributed by atoms with E-state index in [1.165, 1.54) is 18.2 Å². The summed E-state index contributed by atoms with van der Waals surface area (Å²) in [7, 11) is 1.62. The molecule has 0 saturated heterocycles. The monoisotopic (exact) mass is 267 g/mol. The average molecular weight is 267 g/mol. The van der Waals surface area contributed by atoms with Gasteiger partial charge in [0.15, 0.2) is 0 Å². The number of hydrogen-bond acceptors (Lipinski definition) is 1. The van der Waals surface area contributed by atoms with Gasteiger partial charge in [0.1, 0.15) is 0 Å². The molecule has 1 nitrogen and oxygen atoms in total. The quantitative estimate of drug-likeness (QED) is 0.823. The molecule has 0 amide bonds. The van der Waals surface area contributed by atoms with Crippen LogP contribution in [0.2, 0.25) is 0 Å². The van der Waals surface area contributed by atoms with Crippen LogP contribution in [0.4, 0.5) is 22.0 Å². The van der Waals surface area contributed by atoms with Crippen LogP contribution in [0.5, 0.6) is 0 Å². The molecule has 6 heteroatoms. The minimum absolute atomic E-state index is 0.00155. The largest absolute Gasteiger partial charge is 0.458 e. The summed E-state index contributed by atoms with van der Waals surface area (Å²) in [5, 5.41) is 2.80. The second kappa shape index (κ2) is 5.22. The van der Waals surface area contributed by atoms with Crippen LogP contribution in [0.3, 0.4) is 0 Å². The lowest BCUT2D eigenvalue weighted by atomic mass is 9.96. The molecule has 1 aromatic rings. The first kappa shape index (κ1) is 14.9. The molecule has 0 aliphatic carbocycles. The summed E-state index contributed by atoms with van der Waals surface area (Å²) >= 11 is 0.